The molecule has 0 saturated heterocycles. The Balaban J connectivity index is 2.19. The molecule has 1 heterocycles. The van der Waals surface area contributed by atoms with Gasteiger partial charge in [0.1, 0.15) is 0 Å². The third-order valence-electron chi connectivity index (χ3n) is 3.42. The minimum atomic E-state index is -0.0443. The SMILES string of the molecule is CCNC(=O)c1ccc(C)c(NC(C)c2ccncc2)c1. The van der Waals surface area contributed by atoms with Crippen molar-refractivity contribution in [3.8, 4) is 0 Å². The minimum Gasteiger partial charge on any atom is -0.378 e. The van der Waals surface area contributed by atoms with Crippen LogP contribution >= 0.6 is 0 Å². The second-order valence-electron chi connectivity index (χ2n) is 5.04. The fourth-order valence-electron chi connectivity index (χ4n) is 2.15. The van der Waals surface area contributed by atoms with Crippen molar-refractivity contribution >= 4 is 11.6 Å². The van der Waals surface area contributed by atoms with Gasteiger partial charge in [-0.05, 0) is 56.2 Å². The summed E-state index contributed by atoms with van der Waals surface area (Å²) in [5.74, 6) is -0.0443. The Kier molecular flexibility index (Phi) is 4.93. The summed E-state index contributed by atoms with van der Waals surface area (Å²) in [7, 11) is 0. The molecule has 0 spiro atoms. The molecule has 1 unspecified atom stereocenters. The van der Waals surface area contributed by atoms with Crippen LogP contribution in [-0.4, -0.2) is 17.4 Å². The summed E-state index contributed by atoms with van der Waals surface area (Å²) >= 11 is 0. The van der Waals surface area contributed by atoms with Gasteiger partial charge in [0.15, 0.2) is 0 Å². The third-order valence-corrected chi connectivity index (χ3v) is 3.42. The maximum Gasteiger partial charge on any atom is 0.251 e. The van der Waals surface area contributed by atoms with Crippen LogP contribution in [-0.2, 0) is 0 Å². The van der Waals surface area contributed by atoms with Gasteiger partial charge in [0, 0.05) is 36.2 Å². The Labute approximate surface area is 125 Å². The lowest BCUT2D eigenvalue weighted by Gasteiger charge is -2.18. The van der Waals surface area contributed by atoms with E-state index in [1.54, 1.807) is 12.4 Å². The van der Waals surface area contributed by atoms with Crippen LogP contribution in [0.1, 0.15) is 41.4 Å². The van der Waals surface area contributed by atoms with Gasteiger partial charge in [-0.15, -0.1) is 0 Å². The van der Waals surface area contributed by atoms with E-state index in [0.29, 0.717) is 12.1 Å². The van der Waals surface area contributed by atoms with Gasteiger partial charge >= 0.3 is 0 Å². The molecule has 21 heavy (non-hydrogen) atoms. The van der Waals surface area contributed by atoms with Crippen molar-refractivity contribution in [2.24, 2.45) is 0 Å². The fourth-order valence-corrected chi connectivity index (χ4v) is 2.15. The Morgan fingerprint density at radius 3 is 2.62 bits per heavy atom. The van der Waals surface area contributed by atoms with Crippen molar-refractivity contribution in [3.05, 3.63) is 59.4 Å². The largest absolute Gasteiger partial charge is 0.378 e. The van der Waals surface area contributed by atoms with Gasteiger partial charge < -0.3 is 10.6 Å². The van der Waals surface area contributed by atoms with E-state index in [1.807, 2.05) is 44.2 Å². The molecule has 2 N–H and O–H groups in total. The van der Waals surface area contributed by atoms with Crippen molar-refractivity contribution in [2.45, 2.75) is 26.8 Å². The van der Waals surface area contributed by atoms with E-state index in [9.17, 15) is 4.79 Å². The predicted octanol–water partition coefficient (Wildman–Crippen LogP) is 3.31. The van der Waals surface area contributed by atoms with Gasteiger partial charge in [-0.1, -0.05) is 6.07 Å². The van der Waals surface area contributed by atoms with Crippen LogP contribution in [0.25, 0.3) is 0 Å². The van der Waals surface area contributed by atoms with E-state index in [-0.39, 0.29) is 11.9 Å². The van der Waals surface area contributed by atoms with Crippen LogP contribution in [0.2, 0.25) is 0 Å². The van der Waals surface area contributed by atoms with E-state index < -0.39 is 0 Å². The summed E-state index contributed by atoms with van der Waals surface area (Å²) in [6.45, 7) is 6.66. The summed E-state index contributed by atoms with van der Waals surface area (Å²) in [4.78, 5) is 15.9. The van der Waals surface area contributed by atoms with Crippen LogP contribution in [0.15, 0.2) is 42.7 Å². The smallest absolute Gasteiger partial charge is 0.251 e. The number of nitrogens with one attached hydrogen (secondary N) is 2. The number of pyridine rings is 1. The lowest BCUT2D eigenvalue weighted by molar-refractivity contribution is 0.0956. The molecule has 110 valence electrons. The standard InChI is InChI=1S/C17H21N3O/c1-4-19-17(21)15-6-5-12(2)16(11-15)20-13(3)14-7-9-18-10-8-14/h5-11,13,20H,4H2,1-3H3,(H,19,21). The lowest BCUT2D eigenvalue weighted by Crippen LogP contribution is -2.22. The van der Waals surface area contributed by atoms with Gasteiger partial charge in [0.25, 0.3) is 5.91 Å². The van der Waals surface area contributed by atoms with E-state index in [4.69, 9.17) is 0 Å². The first-order valence-electron chi connectivity index (χ1n) is 7.17. The molecule has 0 radical (unpaired) electrons. The van der Waals surface area contributed by atoms with Crippen LogP contribution in [0.3, 0.4) is 0 Å². The molecule has 1 aromatic carbocycles. The van der Waals surface area contributed by atoms with Crippen molar-refractivity contribution in [2.75, 3.05) is 11.9 Å². The highest BCUT2D eigenvalue weighted by Crippen LogP contribution is 2.23. The Morgan fingerprint density at radius 1 is 1.24 bits per heavy atom. The summed E-state index contributed by atoms with van der Waals surface area (Å²) in [5, 5.41) is 6.27. The number of aryl methyl sites for hydroxylation is 1. The Hall–Kier alpha value is -2.36. The van der Waals surface area contributed by atoms with Crippen molar-refractivity contribution < 1.29 is 4.79 Å². The molecule has 0 fully saturated rings. The van der Waals surface area contributed by atoms with E-state index in [1.165, 1.54) is 0 Å². The number of nitrogens with zero attached hydrogens (tertiary/aromatic N) is 1. The molecule has 0 aliphatic rings. The molecule has 0 bridgehead atoms. The molecule has 1 atom stereocenters. The molecular formula is C17H21N3O. The normalized spacial score (nSPS) is 11.8. The molecule has 2 rings (SSSR count). The van der Waals surface area contributed by atoms with Crippen molar-refractivity contribution in [3.63, 3.8) is 0 Å². The van der Waals surface area contributed by atoms with Gasteiger partial charge in [0.05, 0.1) is 0 Å². The van der Waals surface area contributed by atoms with Crippen LogP contribution in [0.4, 0.5) is 5.69 Å². The first-order chi connectivity index (χ1) is 10.1. The predicted molar refractivity (Wildman–Crippen MR) is 85.5 cm³/mol. The average Bonchev–Trinajstić information content (AvgIpc) is 2.50. The number of carbonyl (C=O) groups excluding carboxylic acids is 1. The second-order valence-corrected chi connectivity index (χ2v) is 5.04. The average molecular weight is 283 g/mol. The number of carbonyl (C=O) groups is 1. The zero-order chi connectivity index (χ0) is 15.2. The molecule has 0 aliphatic heterocycles. The first-order valence-corrected chi connectivity index (χ1v) is 7.17. The fraction of sp³-hybridized carbons (Fsp3) is 0.294. The first kappa shape index (κ1) is 15.0. The van der Waals surface area contributed by atoms with Crippen molar-refractivity contribution in [1.29, 1.82) is 0 Å². The highest BCUT2D eigenvalue weighted by atomic mass is 16.1. The molecule has 4 nitrogen and oxygen atoms in total. The summed E-state index contributed by atoms with van der Waals surface area (Å²) < 4.78 is 0. The van der Waals surface area contributed by atoms with E-state index >= 15 is 0 Å². The van der Waals surface area contributed by atoms with Crippen LogP contribution < -0.4 is 10.6 Å². The molecule has 2 aromatic rings. The number of hydrogen-bond acceptors (Lipinski definition) is 3. The number of aromatic nitrogens is 1. The number of amides is 1. The zero-order valence-electron chi connectivity index (χ0n) is 12.7. The monoisotopic (exact) mass is 283 g/mol. The Morgan fingerprint density at radius 2 is 1.95 bits per heavy atom. The molecule has 0 aliphatic carbocycles. The highest BCUT2D eigenvalue weighted by molar-refractivity contribution is 5.95. The topological polar surface area (TPSA) is 54.0 Å². The summed E-state index contributed by atoms with van der Waals surface area (Å²) in [6, 6.07) is 9.84. The summed E-state index contributed by atoms with van der Waals surface area (Å²) in [6.07, 6.45) is 3.57. The summed E-state index contributed by atoms with van der Waals surface area (Å²) in [5.41, 5.74) is 3.92. The number of anilines is 1. The molecule has 1 amide bonds. The van der Waals surface area contributed by atoms with E-state index in [2.05, 4.69) is 22.5 Å². The van der Waals surface area contributed by atoms with Gasteiger partial charge in [-0.2, -0.15) is 0 Å². The highest BCUT2D eigenvalue weighted by Gasteiger charge is 2.10. The van der Waals surface area contributed by atoms with Crippen LogP contribution in [0.5, 0.6) is 0 Å². The van der Waals surface area contributed by atoms with Gasteiger partial charge in [-0.3, -0.25) is 9.78 Å². The minimum absolute atomic E-state index is 0.0443. The zero-order valence-corrected chi connectivity index (χ0v) is 12.7. The molecule has 0 saturated carbocycles. The Bertz CT molecular complexity index is 611. The van der Waals surface area contributed by atoms with Gasteiger partial charge in [0.2, 0.25) is 0 Å². The maximum atomic E-state index is 11.9. The van der Waals surface area contributed by atoms with Crippen LogP contribution in [0, 0.1) is 6.92 Å². The molecule has 4 heteroatoms. The van der Waals surface area contributed by atoms with Gasteiger partial charge in [-0.25, -0.2) is 0 Å². The number of benzene rings is 1. The maximum absolute atomic E-state index is 11.9. The quantitative estimate of drug-likeness (QED) is 0.885. The molecule has 1 aromatic heterocycles. The third kappa shape index (κ3) is 3.81. The number of rotatable bonds is 5. The molecular weight excluding hydrogens is 262 g/mol. The second kappa shape index (κ2) is 6.88. The van der Waals surface area contributed by atoms with Crippen molar-refractivity contribution in [1.82, 2.24) is 10.3 Å². The van der Waals surface area contributed by atoms with E-state index in [0.717, 1.165) is 16.8 Å². The number of hydrogen-bond donors (Lipinski definition) is 2. The lowest BCUT2D eigenvalue weighted by atomic mass is 10.1.